The zero-order chi connectivity index (χ0) is 27.0. The molecule has 202 valence electrons. The van der Waals surface area contributed by atoms with Crippen molar-refractivity contribution in [3.8, 4) is 0 Å². The molecule has 8 nitrogen and oxygen atoms in total. The topological polar surface area (TPSA) is 103 Å². The molecule has 2 aliphatic heterocycles. The first-order valence-electron chi connectivity index (χ1n) is 10.6. The van der Waals surface area contributed by atoms with Crippen LogP contribution >= 0.6 is 0 Å². The zero-order valence-electron chi connectivity index (χ0n) is 19.6. The number of piperidine rings is 1. The summed E-state index contributed by atoms with van der Waals surface area (Å²) in [5, 5.41) is 14.2. The van der Waals surface area contributed by atoms with Gasteiger partial charge in [-0.15, -0.1) is 0 Å². The number of alkyl halides is 6. The first-order chi connectivity index (χ1) is 16.0. The minimum absolute atomic E-state index is 0.415. The van der Waals surface area contributed by atoms with Crippen molar-refractivity contribution in [1.29, 1.82) is 0 Å². The third-order valence-corrected chi connectivity index (χ3v) is 6.05. The minimum atomic E-state index is -5.08. The number of nitrogens with zero attached hydrogens (tertiary/aromatic N) is 2. The van der Waals surface area contributed by atoms with E-state index in [1.807, 2.05) is 14.0 Å². The summed E-state index contributed by atoms with van der Waals surface area (Å²) in [4.78, 5) is 22.9. The Bertz CT molecular complexity index is 794. The number of carboxylic acids is 2. The molecule has 1 spiro atoms. The van der Waals surface area contributed by atoms with Gasteiger partial charge in [-0.3, -0.25) is 9.80 Å². The van der Waals surface area contributed by atoms with Crippen LogP contribution in [0.2, 0.25) is 0 Å². The van der Waals surface area contributed by atoms with Crippen LogP contribution in [0.4, 0.5) is 26.3 Å². The molecule has 2 N–H and O–H groups in total. The van der Waals surface area contributed by atoms with Crippen LogP contribution in [0.1, 0.15) is 37.2 Å². The molecule has 2 saturated heterocycles. The maximum atomic E-state index is 10.6. The summed E-state index contributed by atoms with van der Waals surface area (Å²) in [7, 11) is 4.11. The van der Waals surface area contributed by atoms with Gasteiger partial charge >= 0.3 is 24.3 Å². The molecule has 1 aromatic rings. The number of aryl methyl sites for hydroxylation is 1. The van der Waals surface area contributed by atoms with E-state index in [1.54, 1.807) is 0 Å². The van der Waals surface area contributed by atoms with Crippen molar-refractivity contribution < 1.29 is 55.3 Å². The third kappa shape index (κ3) is 9.68. The Hall–Kier alpha value is -2.32. The number of hydrogen-bond acceptors (Lipinski definition) is 6. The number of hydrogen-bond donors (Lipinski definition) is 2. The van der Waals surface area contributed by atoms with E-state index in [1.165, 1.54) is 38.8 Å². The molecule has 14 heteroatoms. The Morgan fingerprint density at radius 3 is 1.91 bits per heavy atom. The van der Waals surface area contributed by atoms with Crippen LogP contribution in [0.3, 0.4) is 0 Å². The predicted octanol–water partition coefficient (Wildman–Crippen LogP) is 3.93. The molecular weight excluding hydrogens is 490 g/mol. The van der Waals surface area contributed by atoms with Gasteiger partial charge in [-0.1, -0.05) is 0 Å². The van der Waals surface area contributed by atoms with Gasteiger partial charge in [-0.05, 0) is 51.8 Å². The Labute approximate surface area is 198 Å². The number of likely N-dealkylation sites (tertiary alicyclic amines) is 2. The van der Waals surface area contributed by atoms with E-state index >= 15 is 0 Å². The molecule has 0 radical (unpaired) electrons. The van der Waals surface area contributed by atoms with Crippen LogP contribution in [0.15, 0.2) is 16.5 Å². The van der Waals surface area contributed by atoms with Gasteiger partial charge in [0, 0.05) is 31.8 Å². The fourth-order valence-electron chi connectivity index (χ4n) is 4.10. The van der Waals surface area contributed by atoms with E-state index < -0.39 is 24.3 Å². The second-order valence-corrected chi connectivity index (χ2v) is 8.38. The molecule has 1 aromatic heterocycles. The van der Waals surface area contributed by atoms with Gasteiger partial charge in [0.2, 0.25) is 0 Å². The number of carbonyl (C=O) groups is 2. The van der Waals surface area contributed by atoms with Gasteiger partial charge in [0.15, 0.2) is 0 Å². The SMILES string of the molecule is COCC1CCC2(CCN(Cc3ccc(C)o3)CC2)N1C.O=C(O)C(F)(F)F.O=C(O)C(F)(F)F. The molecule has 2 aliphatic rings. The smallest absolute Gasteiger partial charge is 0.475 e. The van der Waals surface area contributed by atoms with Crippen molar-refractivity contribution in [2.75, 3.05) is 33.9 Å². The van der Waals surface area contributed by atoms with E-state index in [0.717, 1.165) is 24.7 Å². The molecular formula is C21H30F6N2O6. The fraction of sp³-hybridized carbons (Fsp3) is 0.714. The summed E-state index contributed by atoms with van der Waals surface area (Å²) < 4.78 is 74.5. The highest BCUT2D eigenvalue weighted by Gasteiger charge is 2.45. The standard InChI is InChI=1S/C17H28N2O2.2C2HF3O2/c1-14-4-5-16(21-14)12-19-10-8-17(9-11-19)7-6-15(13-20-3)18(17)2;2*3-2(4,5)1(6)7/h4-5,15H,6-13H2,1-3H3;2*(H,6,7). The number of furan rings is 1. The number of halogens is 6. The van der Waals surface area contributed by atoms with E-state index in [0.29, 0.717) is 11.6 Å². The van der Waals surface area contributed by atoms with Gasteiger partial charge < -0.3 is 19.4 Å². The molecule has 3 heterocycles. The van der Waals surface area contributed by atoms with Crippen molar-refractivity contribution in [3.63, 3.8) is 0 Å². The molecule has 0 aromatic carbocycles. The molecule has 0 saturated carbocycles. The largest absolute Gasteiger partial charge is 0.490 e. The summed E-state index contributed by atoms with van der Waals surface area (Å²) in [6.07, 6.45) is -5.03. The van der Waals surface area contributed by atoms with Gasteiger partial charge in [-0.25, -0.2) is 9.59 Å². The van der Waals surface area contributed by atoms with E-state index in [9.17, 15) is 26.3 Å². The average Bonchev–Trinajstić information content (AvgIpc) is 3.28. The number of aliphatic carboxylic acids is 2. The van der Waals surface area contributed by atoms with E-state index in [-0.39, 0.29) is 0 Å². The summed E-state index contributed by atoms with van der Waals surface area (Å²) in [5.74, 6) is -3.41. The molecule has 3 rings (SSSR count). The van der Waals surface area contributed by atoms with Crippen LogP contribution in [-0.2, 0) is 20.9 Å². The summed E-state index contributed by atoms with van der Waals surface area (Å²) in [6.45, 7) is 6.18. The highest BCUT2D eigenvalue weighted by molar-refractivity contribution is 5.73. The lowest BCUT2D eigenvalue weighted by Gasteiger charge is -2.44. The van der Waals surface area contributed by atoms with E-state index in [4.69, 9.17) is 29.0 Å². The Morgan fingerprint density at radius 2 is 1.54 bits per heavy atom. The molecule has 1 unspecified atom stereocenters. The Morgan fingerprint density at radius 1 is 1.06 bits per heavy atom. The van der Waals surface area contributed by atoms with Crippen molar-refractivity contribution in [2.24, 2.45) is 0 Å². The van der Waals surface area contributed by atoms with Crippen molar-refractivity contribution in [1.82, 2.24) is 9.80 Å². The molecule has 35 heavy (non-hydrogen) atoms. The lowest BCUT2D eigenvalue weighted by atomic mass is 9.85. The number of methoxy groups -OCH3 is 1. The first kappa shape index (κ1) is 30.7. The monoisotopic (exact) mass is 520 g/mol. The van der Waals surface area contributed by atoms with Gasteiger partial charge in [0.05, 0.1) is 13.2 Å². The minimum Gasteiger partial charge on any atom is -0.475 e. The Balaban J connectivity index is 0.000000362. The van der Waals surface area contributed by atoms with Crippen LogP contribution in [0, 0.1) is 6.92 Å². The summed E-state index contributed by atoms with van der Waals surface area (Å²) in [6, 6.07) is 4.77. The van der Waals surface area contributed by atoms with Gasteiger partial charge in [0.25, 0.3) is 0 Å². The molecule has 0 bridgehead atoms. The predicted molar refractivity (Wildman–Crippen MR) is 111 cm³/mol. The lowest BCUT2D eigenvalue weighted by Crippen LogP contribution is -2.52. The summed E-state index contributed by atoms with van der Waals surface area (Å²) in [5.41, 5.74) is 0.415. The van der Waals surface area contributed by atoms with Crippen molar-refractivity contribution >= 4 is 11.9 Å². The first-order valence-corrected chi connectivity index (χ1v) is 10.6. The van der Waals surface area contributed by atoms with E-state index in [2.05, 4.69) is 29.0 Å². The normalized spacial score (nSPS) is 20.5. The molecule has 0 aliphatic carbocycles. The highest BCUT2D eigenvalue weighted by Crippen LogP contribution is 2.40. The second kappa shape index (κ2) is 12.6. The summed E-state index contributed by atoms with van der Waals surface area (Å²) >= 11 is 0. The number of carboxylic acid groups (broad SMARTS) is 2. The Kier molecular flexibility index (Phi) is 11.0. The highest BCUT2D eigenvalue weighted by atomic mass is 19.4. The zero-order valence-corrected chi connectivity index (χ0v) is 19.6. The fourth-order valence-corrected chi connectivity index (χ4v) is 4.10. The molecule has 1 atom stereocenters. The average molecular weight is 520 g/mol. The molecule has 2 fully saturated rings. The molecule has 0 amide bonds. The maximum Gasteiger partial charge on any atom is 0.490 e. The van der Waals surface area contributed by atoms with Gasteiger partial charge in [-0.2, -0.15) is 26.3 Å². The second-order valence-electron chi connectivity index (χ2n) is 8.38. The third-order valence-electron chi connectivity index (χ3n) is 6.05. The van der Waals surface area contributed by atoms with Gasteiger partial charge in [0.1, 0.15) is 11.5 Å². The quantitative estimate of drug-likeness (QED) is 0.576. The number of likely N-dealkylation sites (N-methyl/N-ethyl adjacent to an activating group) is 1. The number of rotatable bonds is 4. The van der Waals surface area contributed by atoms with Crippen LogP contribution in [-0.4, -0.2) is 89.7 Å². The lowest BCUT2D eigenvalue weighted by molar-refractivity contribution is -0.193. The maximum absolute atomic E-state index is 10.6. The van der Waals surface area contributed by atoms with Crippen LogP contribution < -0.4 is 0 Å². The van der Waals surface area contributed by atoms with Crippen molar-refractivity contribution in [3.05, 3.63) is 23.7 Å². The van der Waals surface area contributed by atoms with Crippen LogP contribution in [0.25, 0.3) is 0 Å². The van der Waals surface area contributed by atoms with Crippen LogP contribution in [0.5, 0.6) is 0 Å². The number of ether oxygens (including phenoxy) is 1. The van der Waals surface area contributed by atoms with Crippen molar-refractivity contribution in [2.45, 2.75) is 63.1 Å².